The Balaban J connectivity index is 1.66. The van der Waals surface area contributed by atoms with E-state index in [0.29, 0.717) is 0 Å². The Morgan fingerprint density at radius 1 is 1.30 bits per heavy atom. The molecule has 2 heterocycles. The average Bonchev–Trinajstić information content (AvgIpc) is 2.74. The van der Waals surface area contributed by atoms with E-state index in [0.717, 1.165) is 5.56 Å². The fraction of sp³-hybridized carbons (Fsp3) is 0.438. The zero-order valence-electron chi connectivity index (χ0n) is 12.9. The van der Waals surface area contributed by atoms with Gasteiger partial charge in [0, 0.05) is 4.75 Å². The molecule has 0 aromatic heterocycles. The van der Waals surface area contributed by atoms with E-state index in [1.165, 1.54) is 16.7 Å². The van der Waals surface area contributed by atoms with Gasteiger partial charge in [-0.1, -0.05) is 30.3 Å². The van der Waals surface area contributed by atoms with Crippen LogP contribution in [0, 0.1) is 0 Å². The van der Waals surface area contributed by atoms with Gasteiger partial charge in [-0.25, -0.2) is 4.79 Å². The molecule has 0 aliphatic carbocycles. The summed E-state index contributed by atoms with van der Waals surface area (Å²) in [5.41, 5.74) is 0.872. The molecule has 0 radical (unpaired) electrons. The Kier molecular flexibility index (Phi) is 3.83. The summed E-state index contributed by atoms with van der Waals surface area (Å²) in [7, 11) is 0. The second kappa shape index (κ2) is 5.56. The van der Waals surface area contributed by atoms with Gasteiger partial charge in [0.25, 0.3) is 0 Å². The number of hydrogen-bond acceptors (Lipinski definition) is 4. The minimum atomic E-state index is -1.01. The number of carbonyl (C=O) groups is 3. The Hall–Kier alpha value is -2.02. The first-order valence-corrected chi connectivity index (χ1v) is 8.25. The van der Waals surface area contributed by atoms with Crippen LogP contribution >= 0.6 is 11.8 Å². The van der Waals surface area contributed by atoms with Crippen LogP contribution in [-0.4, -0.2) is 50.0 Å². The van der Waals surface area contributed by atoms with Crippen molar-refractivity contribution >= 4 is 29.5 Å². The van der Waals surface area contributed by atoms with Crippen LogP contribution in [0.25, 0.3) is 0 Å². The molecule has 0 bridgehead atoms. The second-order valence-corrected chi connectivity index (χ2v) is 8.08. The molecule has 122 valence electrons. The highest BCUT2D eigenvalue weighted by atomic mass is 32.2. The number of nitrogens with one attached hydrogen (secondary N) is 1. The lowest BCUT2D eigenvalue weighted by Gasteiger charge is -2.43. The van der Waals surface area contributed by atoms with Crippen molar-refractivity contribution in [3.63, 3.8) is 0 Å². The number of hydrogen-bond donors (Lipinski definition) is 2. The highest BCUT2D eigenvalue weighted by Crippen LogP contribution is 2.50. The summed E-state index contributed by atoms with van der Waals surface area (Å²) >= 11 is 1.42. The van der Waals surface area contributed by atoms with Crippen molar-refractivity contribution in [2.24, 2.45) is 0 Å². The van der Waals surface area contributed by atoms with Crippen LogP contribution in [0.1, 0.15) is 19.4 Å². The van der Waals surface area contributed by atoms with E-state index in [4.69, 9.17) is 0 Å². The first-order chi connectivity index (χ1) is 10.8. The molecule has 3 atom stereocenters. The number of fused-ring (bicyclic) bond motifs is 1. The van der Waals surface area contributed by atoms with Crippen molar-refractivity contribution < 1.29 is 19.5 Å². The van der Waals surface area contributed by atoms with Crippen molar-refractivity contribution in [1.29, 1.82) is 0 Å². The topological polar surface area (TPSA) is 86.7 Å². The lowest BCUT2D eigenvalue weighted by molar-refractivity contribution is -0.161. The quantitative estimate of drug-likeness (QED) is 0.798. The molecular weight excluding hydrogens is 316 g/mol. The summed E-state index contributed by atoms with van der Waals surface area (Å²) in [5, 5.41) is 11.8. The second-order valence-electron chi connectivity index (χ2n) is 6.31. The first-order valence-electron chi connectivity index (χ1n) is 7.37. The van der Waals surface area contributed by atoms with Crippen LogP contribution in [0.4, 0.5) is 0 Å². The molecule has 6 nitrogen and oxygen atoms in total. The van der Waals surface area contributed by atoms with Gasteiger partial charge in [-0.2, -0.15) is 0 Å². The highest BCUT2D eigenvalue weighted by molar-refractivity contribution is 8.01. The third kappa shape index (κ3) is 2.69. The summed E-state index contributed by atoms with van der Waals surface area (Å²) in [6.45, 7) is 3.62. The lowest BCUT2D eigenvalue weighted by atomic mass is 9.96. The molecule has 3 rings (SSSR count). The number of carbonyl (C=O) groups excluding carboxylic acids is 2. The van der Waals surface area contributed by atoms with Gasteiger partial charge in [-0.15, -0.1) is 11.8 Å². The predicted molar refractivity (Wildman–Crippen MR) is 85.8 cm³/mol. The van der Waals surface area contributed by atoms with Crippen LogP contribution in [0.3, 0.4) is 0 Å². The van der Waals surface area contributed by atoms with Gasteiger partial charge in [0.2, 0.25) is 11.8 Å². The van der Waals surface area contributed by atoms with Crippen molar-refractivity contribution in [3.8, 4) is 0 Å². The maximum atomic E-state index is 12.3. The van der Waals surface area contributed by atoms with Gasteiger partial charge in [-0.05, 0) is 19.4 Å². The Bertz CT molecular complexity index is 661. The average molecular weight is 334 g/mol. The first kappa shape index (κ1) is 15.9. The third-order valence-electron chi connectivity index (χ3n) is 4.20. The fourth-order valence-electron chi connectivity index (χ4n) is 3.15. The highest BCUT2D eigenvalue weighted by Gasteiger charge is 2.64. The fourth-order valence-corrected chi connectivity index (χ4v) is 4.78. The largest absolute Gasteiger partial charge is 0.480 e. The number of benzene rings is 1. The molecule has 2 aliphatic rings. The minimum Gasteiger partial charge on any atom is -0.480 e. The summed E-state index contributed by atoms with van der Waals surface area (Å²) in [5.74, 6) is -1.55. The van der Waals surface area contributed by atoms with Gasteiger partial charge in [0.1, 0.15) is 17.5 Å². The SMILES string of the molecule is CC1(C)SC2C(NC(=O)Cc3ccccc3)C(=O)N2[C@@H]1C(=O)O. The molecule has 7 heteroatoms. The zero-order valence-corrected chi connectivity index (χ0v) is 13.7. The number of amides is 2. The van der Waals surface area contributed by atoms with Crippen LogP contribution in [0.5, 0.6) is 0 Å². The molecule has 2 N–H and O–H groups in total. The number of carboxylic acids is 1. The van der Waals surface area contributed by atoms with Gasteiger partial charge in [0.05, 0.1) is 6.42 Å². The summed E-state index contributed by atoms with van der Waals surface area (Å²) < 4.78 is -0.578. The predicted octanol–water partition coefficient (Wildman–Crippen LogP) is 0.861. The van der Waals surface area contributed by atoms with E-state index < -0.39 is 22.8 Å². The minimum absolute atomic E-state index is 0.202. The molecule has 2 amide bonds. The Morgan fingerprint density at radius 2 is 1.96 bits per heavy atom. The molecule has 2 unspecified atom stereocenters. The number of aliphatic carboxylic acids is 1. The lowest BCUT2D eigenvalue weighted by Crippen LogP contribution is -2.70. The maximum absolute atomic E-state index is 12.3. The maximum Gasteiger partial charge on any atom is 0.327 e. The summed E-state index contributed by atoms with van der Waals surface area (Å²) in [4.78, 5) is 37.2. The van der Waals surface area contributed by atoms with Gasteiger partial charge >= 0.3 is 5.97 Å². The normalized spacial score (nSPS) is 28.0. The molecule has 0 spiro atoms. The number of nitrogens with zero attached hydrogens (tertiary/aromatic N) is 1. The van der Waals surface area contributed by atoms with Crippen LogP contribution in [0.2, 0.25) is 0 Å². The van der Waals surface area contributed by atoms with Crippen molar-refractivity contribution in [2.75, 3.05) is 0 Å². The van der Waals surface area contributed by atoms with E-state index in [2.05, 4.69) is 5.32 Å². The Labute approximate surface area is 138 Å². The number of thioether (sulfide) groups is 1. The number of carboxylic acid groups (broad SMARTS) is 1. The molecule has 2 aliphatic heterocycles. The van der Waals surface area contributed by atoms with Crippen LogP contribution in [0.15, 0.2) is 30.3 Å². The summed E-state index contributed by atoms with van der Waals surface area (Å²) in [6, 6.07) is 7.78. The van der Waals surface area contributed by atoms with Gasteiger partial charge in [-0.3, -0.25) is 9.59 Å². The van der Waals surface area contributed by atoms with E-state index in [1.54, 1.807) is 0 Å². The van der Waals surface area contributed by atoms with E-state index in [9.17, 15) is 19.5 Å². The van der Waals surface area contributed by atoms with Crippen molar-refractivity contribution in [3.05, 3.63) is 35.9 Å². The molecule has 23 heavy (non-hydrogen) atoms. The van der Waals surface area contributed by atoms with Crippen molar-refractivity contribution in [1.82, 2.24) is 10.2 Å². The molecule has 2 fully saturated rings. The molecule has 2 saturated heterocycles. The monoisotopic (exact) mass is 334 g/mol. The van der Waals surface area contributed by atoms with Crippen LogP contribution in [-0.2, 0) is 20.8 Å². The van der Waals surface area contributed by atoms with Crippen molar-refractivity contribution in [2.45, 2.75) is 42.5 Å². The zero-order chi connectivity index (χ0) is 16.8. The van der Waals surface area contributed by atoms with Gasteiger partial charge < -0.3 is 15.3 Å². The smallest absolute Gasteiger partial charge is 0.327 e. The number of rotatable bonds is 4. The number of β-lactam (4-membered cyclic amide) rings is 1. The standard InChI is InChI=1S/C16H18N2O4S/c1-16(2)12(15(21)22)18-13(20)11(14(18)23-16)17-10(19)8-9-6-4-3-5-7-9/h3-7,11-12,14H,8H2,1-2H3,(H,17,19)(H,21,22)/t11?,12-,14?/m1/s1. The summed E-state index contributed by atoms with van der Waals surface area (Å²) in [6.07, 6.45) is 0.202. The van der Waals surface area contributed by atoms with Gasteiger partial charge in [0.15, 0.2) is 0 Å². The van der Waals surface area contributed by atoms with E-state index in [-0.39, 0.29) is 23.6 Å². The molecular formula is C16H18N2O4S. The van der Waals surface area contributed by atoms with E-state index >= 15 is 0 Å². The van der Waals surface area contributed by atoms with E-state index in [1.807, 2.05) is 44.2 Å². The molecule has 1 aromatic carbocycles. The molecule has 0 saturated carbocycles. The third-order valence-corrected chi connectivity index (χ3v) is 5.77. The molecule has 1 aromatic rings. The Morgan fingerprint density at radius 3 is 2.57 bits per heavy atom. The van der Waals surface area contributed by atoms with Crippen LogP contribution < -0.4 is 5.32 Å².